The SMILES string of the molecule is CCCCNC(=O)[C@H](C)N(Cc1ccccc1)C(=O)COc1ccc(C(C)(C)C)cc1Br. The number of nitrogens with zero attached hydrogens (tertiary/aromatic N) is 1. The minimum Gasteiger partial charge on any atom is -0.483 e. The zero-order valence-electron chi connectivity index (χ0n) is 19.8. The van der Waals surface area contributed by atoms with Gasteiger partial charge < -0.3 is 15.0 Å². The molecular weight excluding hydrogens is 468 g/mol. The molecule has 0 unspecified atom stereocenters. The summed E-state index contributed by atoms with van der Waals surface area (Å²) in [6.45, 7) is 11.1. The first-order chi connectivity index (χ1) is 15.1. The minimum atomic E-state index is -0.602. The summed E-state index contributed by atoms with van der Waals surface area (Å²) in [5, 5.41) is 2.93. The predicted octanol–water partition coefficient (Wildman–Crippen LogP) is 5.46. The van der Waals surface area contributed by atoms with Crippen molar-refractivity contribution in [1.82, 2.24) is 10.2 Å². The molecule has 2 aromatic rings. The van der Waals surface area contributed by atoms with Crippen molar-refractivity contribution in [2.75, 3.05) is 13.2 Å². The van der Waals surface area contributed by atoms with E-state index in [9.17, 15) is 9.59 Å². The van der Waals surface area contributed by atoms with Gasteiger partial charge in [0.1, 0.15) is 11.8 Å². The molecule has 174 valence electrons. The Labute approximate surface area is 200 Å². The van der Waals surface area contributed by atoms with Crippen LogP contribution in [0.3, 0.4) is 0 Å². The predicted molar refractivity (Wildman–Crippen MR) is 133 cm³/mol. The van der Waals surface area contributed by atoms with Gasteiger partial charge in [-0.15, -0.1) is 0 Å². The number of hydrogen-bond acceptors (Lipinski definition) is 3. The number of rotatable bonds is 10. The Morgan fingerprint density at radius 3 is 2.41 bits per heavy atom. The molecule has 6 heteroatoms. The first-order valence-corrected chi connectivity index (χ1v) is 12.0. The number of benzene rings is 2. The Morgan fingerprint density at radius 2 is 1.81 bits per heavy atom. The fourth-order valence-electron chi connectivity index (χ4n) is 3.21. The van der Waals surface area contributed by atoms with Crippen molar-refractivity contribution in [1.29, 1.82) is 0 Å². The van der Waals surface area contributed by atoms with Crippen LogP contribution >= 0.6 is 15.9 Å². The van der Waals surface area contributed by atoms with Crippen LogP contribution in [-0.4, -0.2) is 35.9 Å². The molecule has 32 heavy (non-hydrogen) atoms. The normalized spacial score (nSPS) is 12.2. The molecule has 0 aliphatic rings. The van der Waals surface area contributed by atoms with Gasteiger partial charge in [0.05, 0.1) is 4.47 Å². The Balaban J connectivity index is 2.12. The van der Waals surface area contributed by atoms with E-state index < -0.39 is 6.04 Å². The molecule has 1 atom stereocenters. The largest absolute Gasteiger partial charge is 0.483 e. The summed E-state index contributed by atoms with van der Waals surface area (Å²) >= 11 is 3.55. The van der Waals surface area contributed by atoms with Crippen molar-refractivity contribution >= 4 is 27.7 Å². The highest BCUT2D eigenvalue weighted by Crippen LogP contribution is 2.31. The monoisotopic (exact) mass is 502 g/mol. The zero-order chi connectivity index (χ0) is 23.7. The van der Waals surface area contributed by atoms with Crippen LogP contribution in [0.25, 0.3) is 0 Å². The molecule has 0 aliphatic heterocycles. The van der Waals surface area contributed by atoms with Crippen molar-refractivity contribution in [3.63, 3.8) is 0 Å². The first-order valence-electron chi connectivity index (χ1n) is 11.2. The molecule has 0 bridgehead atoms. The zero-order valence-corrected chi connectivity index (χ0v) is 21.4. The van der Waals surface area contributed by atoms with Crippen LogP contribution < -0.4 is 10.1 Å². The van der Waals surface area contributed by atoms with Crippen molar-refractivity contribution in [3.05, 3.63) is 64.1 Å². The van der Waals surface area contributed by atoms with Crippen LogP contribution in [-0.2, 0) is 21.5 Å². The quantitative estimate of drug-likeness (QED) is 0.438. The lowest BCUT2D eigenvalue weighted by Crippen LogP contribution is -2.49. The van der Waals surface area contributed by atoms with Crippen LogP contribution in [0.5, 0.6) is 5.75 Å². The average Bonchev–Trinajstić information content (AvgIpc) is 2.76. The Bertz CT molecular complexity index is 894. The number of nitrogens with one attached hydrogen (secondary N) is 1. The van der Waals surface area contributed by atoms with Gasteiger partial charge in [-0.1, -0.05) is 70.5 Å². The molecule has 2 amide bonds. The topological polar surface area (TPSA) is 58.6 Å². The number of halogens is 1. The third kappa shape index (κ3) is 7.66. The lowest BCUT2D eigenvalue weighted by Gasteiger charge is -2.29. The second-order valence-corrected chi connectivity index (χ2v) is 9.87. The maximum absolute atomic E-state index is 13.1. The van der Waals surface area contributed by atoms with E-state index in [4.69, 9.17) is 4.74 Å². The highest BCUT2D eigenvalue weighted by Gasteiger charge is 2.26. The summed E-state index contributed by atoms with van der Waals surface area (Å²) in [4.78, 5) is 27.4. The van der Waals surface area contributed by atoms with Crippen LogP contribution in [0.2, 0.25) is 0 Å². The van der Waals surface area contributed by atoms with Gasteiger partial charge in [-0.05, 0) is 57.9 Å². The Hall–Kier alpha value is -2.34. The van der Waals surface area contributed by atoms with Crippen LogP contribution in [0.15, 0.2) is 53.0 Å². The number of carbonyl (C=O) groups is 2. The maximum atomic E-state index is 13.1. The van der Waals surface area contributed by atoms with E-state index >= 15 is 0 Å². The van der Waals surface area contributed by atoms with E-state index in [2.05, 4.69) is 48.9 Å². The molecule has 5 nitrogen and oxygen atoms in total. The third-order valence-electron chi connectivity index (χ3n) is 5.34. The molecule has 0 radical (unpaired) electrons. The third-order valence-corrected chi connectivity index (χ3v) is 5.96. The number of carbonyl (C=O) groups excluding carboxylic acids is 2. The molecule has 0 saturated heterocycles. The fraction of sp³-hybridized carbons (Fsp3) is 0.462. The maximum Gasteiger partial charge on any atom is 0.261 e. The molecule has 0 spiro atoms. The lowest BCUT2D eigenvalue weighted by atomic mass is 9.87. The van der Waals surface area contributed by atoms with Crippen molar-refractivity contribution in [2.24, 2.45) is 0 Å². The van der Waals surface area contributed by atoms with Gasteiger partial charge >= 0.3 is 0 Å². The second kappa shape index (κ2) is 12.0. The van der Waals surface area contributed by atoms with Gasteiger partial charge in [0, 0.05) is 13.1 Å². The molecule has 0 saturated carbocycles. The number of amides is 2. The van der Waals surface area contributed by atoms with Crippen LogP contribution in [0.1, 0.15) is 58.6 Å². The number of unbranched alkanes of at least 4 members (excludes halogenated alkanes) is 1. The first kappa shape index (κ1) is 25.9. The number of hydrogen-bond donors (Lipinski definition) is 1. The molecular formula is C26H35BrN2O3. The van der Waals surface area contributed by atoms with E-state index in [1.807, 2.05) is 48.5 Å². The smallest absolute Gasteiger partial charge is 0.261 e. The molecule has 0 aromatic heterocycles. The van der Waals surface area contributed by atoms with Crippen LogP contribution in [0.4, 0.5) is 0 Å². The van der Waals surface area contributed by atoms with Gasteiger partial charge in [0.25, 0.3) is 5.91 Å². The molecule has 2 aromatic carbocycles. The summed E-state index contributed by atoms with van der Waals surface area (Å²) in [5.74, 6) is 0.211. The standard InChI is InChI=1S/C26H35BrN2O3/c1-6-7-15-28-25(31)19(2)29(17-20-11-9-8-10-12-20)24(30)18-32-23-14-13-21(16-22(23)27)26(3,4)5/h8-14,16,19H,6-7,15,17-18H2,1-5H3,(H,28,31)/t19-/m0/s1. The summed E-state index contributed by atoms with van der Waals surface area (Å²) < 4.78 is 6.65. The fourth-order valence-corrected chi connectivity index (χ4v) is 3.70. The van der Waals surface area contributed by atoms with E-state index in [-0.39, 0.29) is 23.8 Å². The lowest BCUT2D eigenvalue weighted by molar-refractivity contribution is -0.142. The minimum absolute atomic E-state index is 0.0178. The van der Waals surface area contributed by atoms with Gasteiger partial charge in [-0.25, -0.2) is 0 Å². The van der Waals surface area contributed by atoms with Gasteiger partial charge in [-0.2, -0.15) is 0 Å². The van der Waals surface area contributed by atoms with Crippen molar-refractivity contribution in [3.8, 4) is 5.75 Å². The van der Waals surface area contributed by atoms with E-state index in [1.54, 1.807) is 11.8 Å². The highest BCUT2D eigenvalue weighted by atomic mass is 79.9. The average molecular weight is 503 g/mol. The van der Waals surface area contributed by atoms with E-state index in [0.717, 1.165) is 22.9 Å². The van der Waals surface area contributed by atoms with Crippen molar-refractivity contribution in [2.45, 2.75) is 65.5 Å². The van der Waals surface area contributed by atoms with Crippen LogP contribution in [0, 0.1) is 0 Å². The summed E-state index contributed by atoms with van der Waals surface area (Å²) in [6.07, 6.45) is 1.91. The van der Waals surface area contributed by atoms with Gasteiger partial charge in [0.2, 0.25) is 5.91 Å². The van der Waals surface area contributed by atoms with Crippen molar-refractivity contribution < 1.29 is 14.3 Å². The molecule has 2 rings (SSSR count). The van der Waals surface area contributed by atoms with E-state index in [1.165, 1.54) is 5.56 Å². The number of ether oxygens (including phenoxy) is 1. The molecule has 0 heterocycles. The summed E-state index contributed by atoms with van der Waals surface area (Å²) in [7, 11) is 0. The highest BCUT2D eigenvalue weighted by molar-refractivity contribution is 9.10. The van der Waals surface area contributed by atoms with Gasteiger partial charge in [-0.3, -0.25) is 9.59 Å². The second-order valence-electron chi connectivity index (χ2n) is 9.01. The molecule has 0 aliphatic carbocycles. The Morgan fingerprint density at radius 1 is 1.12 bits per heavy atom. The van der Waals surface area contributed by atoms with E-state index in [0.29, 0.717) is 18.8 Å². The Kier molecular flexibility index (Phi) is 9.76. The summed E-state index contributed by atoms with van der Waals surface area (Å²) in [6, 6.07) is 15.0. The molecule has 1 N–H and O–H groups in total. The molecule has 0 fully saturated rings. The summed E-state index contributed by atoms with van der Waals surface area (Å²) in [5.41, 5.74) is 2.15. The van der Waals surface area contributed by atoms with Gasteiger partial charge in [0.15, 0.2) is 6.61 Å².